The third kappa shape index (κ3) is 4.43. The number of amides is 2. The standard InChI is InChI=1S/C19H21BrN4O3S/c20-13-2-1-3-15(10-13)24-5-4-16(18(24)26)17(25)22-19-21-14(12-28-19)11-23-6-8-27-9-7-23/h1-3,10,12,16H,4-9,11H2,(H,21,22,25). The number of morpholine rings is 1. The lowest BCUT2D eigenvalue weighted by molar-refractivity contribution is -0.129. The number of aromatic nitrogens is 1. The molecule has 0 saturated carbocycles. The minimum absolute atomic E-state index is 0.166. The van der Waals surface area contributed by atoms with E-state index in [-0.39, 0.29) is 11.8 Å². The van der Waals surface area contributed by atoms with Crippen molar-refractivity contribution in [3.8, 4) is 0 Å². The molecule has 148 valence electrons. The zero-order valence-corrected chi connectivity index (χ0v) is 17.7. The van der Waals surface area contributed by atoms with Crippen molar-refractivity contribution in [2.75, 3.05) is 43.1 Å². The average Bonchev–Trinajstić information content (AvgIpc) is 3.29. The molecule has 2 saturated heterocycles. The molecule has 0 spiro atoms. The predicted molar refractivity (Wildman–Crippen MR) is 111 cm³/mol. The first-order valence-corrected chi connectivity index (χ1v) is 10.9. The first kappa shape index (κ1) is 19.5. The number of nitrogens with one attached hydrogen (secondary N) is 1. The van der Waals surface area contributed by atoms with Crippen molar-refractivity contribution in [1.82, 2.24) is 9.88 Å². The molecule has 2 aliphatic rings. The summed E-state index contributed by atoms with van der Waals surface area (Å²) in [6.07, 6.45) is 0.503. The van der Waals surface area contributed by atoms with Crippen molar-refractivity contribution in [3.63, 3.8) is 0 Å². The Balaban J connectivity index is 1.35. The van der Waals surface area contributed by atoms with Gasteiger partial charge in [0.2, 0.25) is 11.8 Å². The Morgan fingerprint density at radius 2 is 2.14 bits per heavy atom. The quantitative estimate of drug-likeness (QED) is 0.688. The van der Waals surface area contributed by atoms with Crippen LogP contribution in [0.25, 0.3) is 0 Å². The molecule has 2 amide bonds. The van der Waals surface area contributed by atoms with Crippen LogP contribution in [0.15, 0.2) is 34.1 Å². The lowest BCUT2D eigenvalue weighted by Crippen LogP contribution is -2.35. The number of hydrogen-bond donors (Lipinski definition) is 1. The van der Waals surface area contributed by atoms with Crippen LogP contribution in [0.1, 0.15) is 12.1 Å². The zero-order valence-electron chi connectivity index (χ0n) is 15.3. The van der Waals surface area contributed by atoms with Crippen molar-refractivity contribution in [2.24, 2.45) is 5.92 Å². The maximum Gasteiger partial charge on any atom is 0.239 e. The van der Waals surface area contributed by atoms with Crippen LogP contribution in [0.2, 0.25) is 0 Å². The van der Waals surface area contributed by atoms with Crippen LogP contribution in [0, 0.1) is 5.92 Å². The van der Waals surface area contributed by atoms with Crippen LogP contribution in [-0.2, 0) is 20.9 Å². The van der Waals surface area contributed by atoms with Crippen molar-refractivity contribution >= 4 is 49.9 Å². The molecule has 1 atom stereocenters. The summed E-state index contributed by atoms with van der Waals surface area (Å²) >= 11 is 4.81. The summed E-state index contributed by atoms with van der Waals surface area (Å²) in [6, 6.07) is 7.55. The van der Waals surface area contributed by atoms with Gasteiger partial charge in [0.1, 0.15) is 5.92 Å². The van der Waals surface area contributed by atoms with E-state index in [0.717, 1.165) is 48.7 Å². The van der Waals surface area contributed by atoms with Crippen LogP contribution in [0.5, 0.6) is 0 Å². The van der Waals surface area contributed by atoms with E-state index >= 15 is 0 Å². The summed E-state index contributed by atoms with van der Waals surface area (Å²) in [6.45, 7) is 4.54. The highest BCUT2D eigenvalue weighted by Crippen LogP contribution is 2.28. The summed E-state index contributed by atoms with van der Waals surface area (Å²) in [7, 11) is 0. The number of carbonyl (C=O) groups excluding carboxylic acids is 2. The van der Waals surface area contributed by atoms with Crippen molar-refractivity contribution in [2.45, 2.75) is 13.0 Å². The summed E-state index contributed by atoms with van der Waals surface area (Å²) in [5, 5.41) is 5.32. The first-order valence-electron chi connectivity index (χ1n) is 9.22. The topological polar surface area (TPSA) is 74.8 Å². The monoisotopic (exact) mass is 464 g/mol. The second-order valence-corrected chi connectivity index (χ2v) is 8.61. The molecule has 4 rings (SSSR count). The highest BCUT2D eigenvalue weighted by molar-refractivity contribution is 9.10. The summed E-state index contributed by atoms with van der Waals surface area (Å²) < 4.78 is 6.26. The van der Waals surface area contributed by atoms with Gasteiger partial charge in [-0.15, -0.1) is 11.3 Å². The van der Waals surface area contributed by atoms with Gasteiger partial charge in [-0.1, -0.05) is 22.0 Å². The minimum Gasteiger partial charge on any atom is -0.379 e. The smallest absolute Gasteiger partial charge is 0.239 e. The van der Waals surface area contributed by atoms with Crippen molar-refractivity contribution in [3.05, 3.63) is 39.8 Å². The Morgan fingerprint density at radius 1 is 1.32 bits per heavy atom. The fraction of sp³-hybridized carbons (Fsp3) is 0.421. The largest absolute Gasteiger partial charge is 0.379 e. The Hall–Kier alpha value is -1.81. The maximum atomic E-state index is 12.7. The van der Waals surface area contributed by atoms with Crippen molar-refractivity contribution in [1.29, 1.82) is 0 Å². The number of halogens is 1. The second-order valence-electron chi connectivity index (χ2n) is 6.83. The van der Waals surface area contributed by atoms with Gasteiger partial charge in [0, 0.05) is 41.7 Å². The molecular weight excluding hydrogens is 444 g/mol. The first-order chi connectivity index (χ1) is 13.6. The molecule has 3 heterocycles. The molecule has 7 nitrogen and oxygen atoms in total. The molecular formula is C19H21BrN4O3S. The molecule has 0 radical (unpaired) electrons. The van der Waals surface area contributed by atoms with Crippen LogP contribution in [-0.4, -0.2) is 54.5 Å². The molecule has 1 N–H and O–H groups in total. The number of benzene rings is 1. The number of hydrogen-bond acceptors (Lipinski definition) is 6. The van der Waals surface area contributed by atoms with Crippen LogP contribution >= 0.6 is 27.3 Å². The molecule has 0 aliphatic carbocycles. The third-order valence-corrected chi connectivity index (χ3v) is 6.21. The van der Waals surface area contributed by atoms with E-state index in [0.29, 0.717) is 18.1 Å². The molecule has 1 unspecified atom stereocenters. The zero-order chi connectivity index (χ0) is 19.5. The van der Waals surface area contributed by atoms with E-state index in [9.17, 15) is 9.59 Å². The molecule has 0 bridgehead atoms. The average molecular weight is 465 g/mol. The predicted octanol–water partition coefficient (Wildman–Crippen LogP) is 2.73. The highest BCUT2D eigenvalue weighted by atomic mass is 79.9. The molecule has 2 fully saturated rings. The van der Waals surface area contributed by atoms with Gasteiger partial charge in [-0.2, -0.15) is 0 Å². The van der Waals surface area contributed by atoms with Gasteiger partial charge in [0.05, 0.1) is 18.9 Å². The number of nitrogens with zero attached hydrogens (tertiary/aromatic N) is 3. The van der Waals surface area contributed by atoms with E-state index in [4.69, 9.17) is 4.74 Å². The molecule has 9 heteroatoms. The lowest BCUT2D eigenvalue weighted by Gasteiger charge is -2.25. The van der Waals surface area contributed by atoms with E-state index in [1.54, 1.807) is 4.90 Å². The molecule has 2 aromatic rings. The Morgan fingerprint density at radius 3 is 2.93 bits per heavy atom. The molecule has 2 aliphatic heterocycles. The maximum absolute atomic E-state index is 12.7. The van der Waals surface area contributed by atoms with Gasteiger partial charge >= 0.3 is 0 Å². The van der Waals surface area contributed by atoms with Crippen LogP contribution in [0.4, 0.5) is 10.8 Å². The van der Waals surface area contributed by atoms with Gasteiger partial charge in [-0.25, -0.2) is 4.98 Å². The van der Waals surface area contributed by atoms with E-state index in [1.807, 2.05) is 29.6 Å². The fourth-order valence-electron chi connectivity index (χ4n) is 3.44. The number of anilines is 2. The van der Waals surface area contributed by atoms with Crippen LogP contribution in [0.3, 0.4) is 0 Å². The van der Waals surface area contributed by atoms with E-state index in [1.165, 1.54) is 11.3 Å². The summed E-state index contributed by atoms with van der Waals surface area (Å²) in [4.78, 5) is 33.8. The molecule has 1 aromatic heterocycles. The number of thiazole rings is 1. The highest BCUT2D eigenvalue weighted by Gasteiger charge is 2.38. The molecule has 28 heavy (non-hydrogen) atoms. The van der Waals surface area contributed by atoms with E-state index < -0.39 is 5.92 Å². The van der Waals surface area contributed by atoms with Gasteiger partial charge in [-0.3, -0.25) is 14.5 Å². The minimum atomic E-state index is -0.675. The van der Waals surface area contributed by atoms with Gasteiger partial charge < -0.3 is 15.0 Å². The number of ether oxygens (including phenoxy) is 1. The summed E-state index contributed by atoms with van der Waals surface area (Å²) in [5.41, 5.74) is 1.73. The third-order valence-electron chi connectivity index (χ3n) is 4.91. The van der Waals surface area contributed by atoms with Gasteiger partial charge in [0.15, 0.2) is 5.13 Å². The fourth-order valence-corrected chi connectivity index (χ4v) is 4.53. The Labute approximate surface area is 175 Å². The lowest BCUT2D eigenvalue weighted by atomic mass is 10.1. The van der Waals surface area contributed by atoms with E-state index in [2.05, 4.69) is 31.1 Å². The van der Waals surface area contributed by atoms with Crippen LogP contribution < -0.4 is 10.2 Å². The molecule has 1 aromatic carbocycles. The summed E-state index contributed by atoms with van der Waals surface area (Å²) in [5.74, 6) is -1.12. The van der Waals surface area contributed by atoms with Gasteiger partial charge in [0.25, 0.3) is 0 Å². The van der Waals surface area contributed by atoms with Crippen molar-refractivity contribution < 1.29 is 14.3 Å². The van der Waals surface area contributed by atoms with Gasteiger partial charge in [-0.05, 0) is 24.6 Å². The number of rotatable bonds is 5. The number of carbonyl (C=O) groups is 2. The SMILES string of the molecule is O=C(Nc1nc(CN2CCOCC2)cs1)C1CCN(c2cccc(Br)c2)C1=O. The Bertz CT molecular complexity index is 868. The normalized spacial score (nSPS) is 20.5. The second kappa shape index (κ2) is 8.69. The Kier molecular flexibility index (Phi) is 6.05.